The first-order chi connectivity index (χ1) is 17.4. The van der Waals surface area contributed by atoms with Crippen LogP contribution in [0, 0.1) is 11.8 Å². The number of hydrogen-bond donors (Lipinski definition) is 2. The lowest BCUT2D eigenvalue weighted by atomic mass is 9.95. The van der Waals surface area contributed by atoms with Crippen molar-refractivity contribution in [3.05, 3.63) is 59.5 Å². The third-order valence-corrected chi connectivity index (χ3v) is 6.95. The van der Waals surface area contributed by atoms with Crippen LogP contribution in [0.5, 0.6) is 0 Å². The van der Waals surface area contributed by atoms with Crippen LogP contribution in [0.25, 0.3) is 0 Å². The number of hydrogen-bond acceptors (Lipinski definition) is 6. The lowest BCUT2D eigenvalue weighted by Gasteiger charge is -2.24. The van der Waals surface area contributed by atoms with Gasteiger partial charge in [0.15, 0.2) is 0 Å². The van der Waals surface area contributed by atoms with Gasteiger partial charge in [-0.3, -0.25) is 4.79 Å². The summed E-state index contributed by atoms with van der Waals surface area (Å²) in [5, 5.41) is 13.0. The molecule has 7 nitrogen and oxygen atoms in total. The number of fused-ring (bicyclic) bond motifs is 1. The van der Waals surface area contributed by atoms with E-state index in [4.69, 9.17) is 14.5 Å². The van der Waals surface area contributed by atoms with Gasteiger partial charge in [0.1, 0.15) is 17.7 Å². The molecule has 198 valence electrons. The Balaban J connectivity index is 1.55. The second kappa shape index (κ2) is 14.2. The van der Waals surface area contributed by atoms with E-state index in [9.17, 15) is 9.90 Å². The zero-order valence-corrected chi connectivity index (χ0v) is 22.2. The predicted molar refractivity (Wildman–Crippen MR) is 144 cm³/mol. The Bertz CT molecular complexity index is 942. The summed E-state index contributed by atoms with van der Waals surface area (Å²) < 4.78 is 11.1. The first-order valence-electron chi connectivity index (χ1n) is 13.2. The average Bonchev–Trinajstić information content (AvgIpc) is 3.29. The Labute approximate surface area is 216 Å². The van der Waals surface area contributed by atoms with E-state index in [0.29, 0.717) is 24.8 Å². The topological polar surface area (TPSA) is 83.9 Å². The molecule has 1 aromatic rings. The number of methoxy groups -OCH3 is 1. The predicted octanol–water partition coefficient (Wildman–Crippen LogP) is 4.85. The highest BCUT2D eigenvalue weighted by Crippen LogP contribution is 2.27. The molecule has 1 saturated heterocycles. The van der Waals surface area contributed by atoms with Gasteiger partial charge in [-0.2, -0.15) is 0 Å². The van der Waals surface area contributed by atoms with Crippen molar-refractivity contribution in [1.82, 2.24) is 9.88 Å². The molecule has 3 rings (SSSR count). The fraction of sp³-hybridized carbons (Fsp3) is 0.586. The van der Waals surface area contributed by atoms with Crippen molar-refractivity contribution in [2.24, 2.45) is 11.8 Å². The normalized spacial score (nSPS) is 20.1. The van der Waals surface area contributed by atoms with Gasteiger partial charge in [-0.15, -0.1) is 0 Å². The quantitative estimate of drug-likeness (QED) is 0.281. The number of likely N-dealkylation sites (tertiary alicyclic amines) is 1. The summed E-state index contributed by atoms with van der Waals surface area (Å²) in [7, 11) is 1.64. The smallest absolute Gasteiger partial charge is 0.304 e. The summed E-state index contributed by atoms with van der Waals surface area (Å²) in [6.45, 7) is 12.2. The highest BCUT2D eigenvalue weighted by molar-refractivity contribution is 5.67. The van der Waals surface area contributed by atoms with Crippen molar-refractivity contribution in [3.63, 3.8) is 0 Å². The molecule has 0 saturated carbocycles. The maximum absolute atomic E-state index is 11.6. The molecule has 1 fully saturated rings. The molecule has 0 unspecified atom stereocenters. The number of allylic oxidation sites excluding steroid dienone is 3. The molecular weight excluding hydrogens is 454 g/mol. The lowest BCUT2D eigenvalue weighted by molar-refractivity contribution is -0.137. The second-order valence-corrected chi connectivity index (χ2v) is 10.1. The summed E-state index contributed by atoms with van der Waals surface area (Å²) in [5.41, 5.74) is 3.26. The van der Waals surface area contributed by atoms with Gasteiger partial charge in [0.2, 0.25) is 0 Å². The van der Waals surface area contributed by atoms with Crippen LogP contribution in [-0.4, -0.2) is 67.0 Å². The van der Waals surface area contributed by atoms with Crippen molar-refractivity contribution in [1.29, 1.82) is 0 Å². The number of ether oxygens (including phenoxy) is 2. The number of aryl methyl sites for hydroxylation is 2. The Kier molecular flexibility index (Phi) is 11.0. The SMILES string of the molecule is C=C(/C=C(\C=C/C)O[C@H](C)COC)[C@H](CC(=O)O)CN1CC[C@@H](CCc2ccc3c(n2)NCCC3)C1. The van der Waals surface area contributed by atoms with E-state index < -0.39 is 5.97 Å². The van der Waals surface area contributed by atoms with E-state index in [1.165, 1.54) is 12.0 Å². The lowest BCUT2D eigenvalue weighted by Crippen LogP contribution is -2.29. The molecule has 2 aliphatic rings. The minimum atomic E-state index is -0.807. The number of nitrogens with one attached hydrogen (secondary N) is 1. The minimum Gasteiger partial charge on any atom is -0.488 e. The molecule has 3 atom stereocenters. The second-order valence-electron chi connectivity index (χ2n) is 10.1. The summed E-state index contributed by atoms with van der Waals surface area (Å²) >= 11 is 0. The number of rotatable bonds is 14. The van der Waals surface area contributed by atoms with Gasteiger partial charge in [0.05, 0.1) is 13.0 Å². The number of aromatic nitrogens is 1. The van der Waals surface area contributed by atoms with E-state index in [-0.39, 0.29) is 18.4 Å². The fourth-order valence-electron chi connectivity index (χ4n) is 5.10. The third kappa shape index (κ3) is 8.79. The zero-order chi connectivity index (χ0) is 25.9. The Hall–Kier alpha value is -2.64. The maximum Gasteiger partial charge on any atom is 0.304 e. The molecule has 0 bridgehead atoms. The maximum atomic E-state index is 11.6. The Morgan fingerprint density at radius 2 is 2.25 bits per heavy atom. The zero-order valence-electron chi connectivity index (χ0n) is 22.2. The largest absolute Gasteiger partial charge is 0.488 e. The van der Waals surface area contributed by atoms with Crippen LogP contribution in [0.2, 0.25) is 0 Å². The minimum absolute atomic E-state index is 0.0549. The molecule has 36 heavy (non-hydrogen) atoms. The van der Waals surface area contributed by atoms with Gasteiger partial charge < -0.3 is 24.8 Å². The van der Waals surface area contributed by atoms with Crippen molar-refractivity contribution >= 4 is 11.8 Å². The number of carbonyl (C=O) groups is 1. The molecule has 7 heteroatoms. The van der Waals surface area contributed by atoms with Gasteiger partial charge in [0, 0.05) is 38.4 Å². The summed E-state index contributed by atoms with van der Waals surface area (Å²) in [5.74, 6) is 1.36. The number of aliphatic carboxylic acids is 1. The third-order valence-electron chi connectivity index (χ3n) is 6.95. The average molecular weight is 498 g/mol. The van der Waals surface area contributed by atoms with Crippen LogP contribution in [0.4, 0.5) is 5.82 Å². The van der Waals surface area contributed by atoms with Crippen LogP contribution in [-0.2, 0) is 27.1 Å². The van der Waals surface area contributed by atoms with Gasteiger partial charge in [-0.1, -0.05) is 18.7 Å². The molecule has 0 aliphatic carbocycles. The van der Waals surface area contributed by atoms with Crippen molar-refractivity contribution in [3.8, 4) is 0 Å². The van der Waals surface area contributed by atoms with Gasteiger partial charge >= 0.3 is 5.97 Å². The van der Waals surface area contributed by atoms with Crippen LogP contribution in [0.3, 0.4) is 0 Å². The molecular formula is C29H43N3O4. The van der Waals surface area contributed by atoms with Gasteiger partial charge in [0.25, 0.3) is 0 Å². The number of pyridine rings is 1. The number of carboxylic acids is 1. The van der Waals surface area contributed by atoms with E-state index in [1.54, 1.807) is 7.11 Å². The first kappa shape index (κ1) is 27.9. The molecule has 2 N–H and O–H groups in total. The summed E-state index contributed by atoms with van der Waals surface area (Å²) in [4.78, 5) is 18.9. The molecule has 1 aromatic heterocycles. The molecule has 0 radical (unpaired) electrons. The van der Waals surface area contributed by atoms with Crippen LogP contribution in [0.1, 0.15) is 50.8 Å². The van der Waals surface area contributed by atoms with E-state index in [2.05, 4.69) is 28.9 Å². The number of anilines is 1. The van der Waals surface area contributed by atoms with E-state index in [1.807, 2.05) is 32.1 Å². The van der Waals surface area contributed by atoms with Crippen LogP contribution >= 0.6 is 0 Å². The summed E-state index contributed by atoms with van der Waals surface area (Å²) in [6.07, 6.45) is 11.1. The number of nitrogens with zero attached hydrogens (tertiary/aromatic N) is 2. The summed E-state index contributed by atoms with van der Waals surface area (Å²) in [6, 6.07) is 4.40. The molecule has 0 amide bonds. The monoisotopic (exact) mass is 497 g/mol. The standard InChI is InChI=1S/C29H43N3O4/c1-5-7-27(36-22(3)20-35-4)16-21(2)25(17-28(33)34)19-32-15-13-23(18-32)9-11-26-12-10-24-8-6-14-30-29(24)31-26/h5,7,10,12,16,22-23,25H,2,6,8-9,11,13-15,17-20H2,1,3-4H3,(H,30,31)(H,33,34)/b7-5-,27-16+/t22-,23-,25-/m1/s1. The number of carboxylic acid groups (broad SMARTS) is 1. The highest BCUT2D eigenvalue weighted by Gasteiger charge is 2.27. The fourth-order valence-corrected chi connectivity index (χ4v) is 5.10. The van der Waals surface area contributed by atoms with Crippen molar-refractivity contribution in [2.45, 2.75) is 58.5 Å². The van der Waals surface area contributed by atoms with Crippen LogP contribution in [0.15, 0.2) is 48.3 Å². The van der Waals surface area contributed by atoms with Crippen LogP contribution < -0.4 is 5.32 Å². The van der Waals surface area contributed by atoms with Gasteiger partial charge in [-0.05, 0) is 87.8 Å². The highest BCUT2D eigenvalue weighted by atomic mass is 16.5. The van der Waals surface area contributed by atoms with E-state index in [0.717, 1.165) is 62.4 Å². The molecule has 0 aromatic carbocycles. The molecule has 0 spiro atoms. The van der Waals surface area contributed by atoms with Gasteiger partial charge in [-0.25, -0.2) is 4.98 Å². The molecule has 2 aliphatic heterocycles. The first-order valence-corrected chi connectivity index (χ1v) is 13.2. The Morgan fingerprint density at radius 3 is 3.00 bits per heavy atom. The van der Waals surface area contributed by atoms with Crippen molar-refractivity contribution in [2.75, 3.05) is 45.2 Å². The van der Waals surface area contributed by atoms with Crippen molar-refractivity contribution < 1.29 is 19.4 Å². The van der Waals surface area contributed by atoms with E-state index >= 15 is 0 Å². The molecule has 3 heterocycles. The Morgan fingerprint density at radius 1 is 1.42 bits per heavy atom.